The van der Waals surface area contributed by atoms with E-state index in [0.29, 0.717) is 11.3 Å². The van der Waals surface area contributed by atoms with Crippen LogP contribution in [-0.2, 0) is 14.8 Å². The van der Waals surface area contributed by atoms with Gasteiger partial charge < -0.3 is 9.47 Å². The quantitative estimate of drug-likeness (QED) is 0.548. The van der Waals surface area contributed by atoms with Crippen molar-refractivity contribution in [1.29, 1.82) is 0 Å². The van der Waals surface area contributed by atoms with Crippen molar-refractivity contribution >= 4 is 16.0 Å². The topological polar surface area (TPSA) is 72.9 Å². The number of hydrogen-bond acceptors (Lipinski definition) is 5. The average Bonchev–Trinajstić information content (AvgIpc) is 2.60. The van der Waals surface area contributed by atoms with E-state index >= 15 is 0 Å². The van der Waals surface area contributed by atoms with Crippen LogP contribution in [-0.4, -0.2) is 46.0 Å². The van der Waals surface area contributed by atoms with Crippen LogP contribution in [0.2, 0.25) is 0 Å². The highest BCUT2D eigenvalue weighted by molar-refractivity contribution is 7.89. The Morgan fingerprint density at radius 2 is 1.65 bits per heavy atom. The van der Waals surface area contributed by atoms with Crippen LogP contribution in [0.1, 0.15) is 21.5 Å². The first-order valence-corrected chi connectivity index (χ1v) is 9.55. The van der Waals surface area contributed by atoms with E-state index in [1.165, 1.54) is 26.2 Å². The normalized spacial score (nSPS) is 11.4. The molecule has 0 heterocycles. The summed E-state index contributed by atoms with van der Waals surface area (Å²) in [7, 11) is -0.733. The monoisotopic (exact) mass is 377 g/mol. The third kappa shape index (κ3) is 4.83. The molecule has 0 unspecified atom stereocenters. The zero-order valence-corrected chi connectivity index (χ0v) is 16.2. The first kappa shape index (κ1) is 19.9. The number of hydrogen-bond donors (Lipinski definition) is 0. The maximum atomic E-state index is 12.3. The second kappa shape index (κ2) is 8.33. The summed E-state index contributed by atoms with van der Waals surface area (Å²) in [5.41, 5.74) is 2.00. The summed E-state index contributed by atoms with van der Waals surface area (Å²) in [5.74, 6) is 0.118. The summed E-state index contributed by atoms with van der Waals surface area (Å²) in [6, 6.07) is 12.0. The van der Waals surface area contributed by atoms with Crippen LogP contribution in [0.4, 0.5) is 0 Å². The highest BCUT2D eigenvalue weighted by atomic mass is 32.2. The number of ether oxygens (including phenoxy) is 2. The van der Waals surface area contributed by atoms with Crippen LogP contribution >= 0.6 is 0 Å². The summed E-state index contributed by atoms with van der Waals surface area (Å²) in [5, 5.41) is 0. The Morgan fingerprint density at radius 1 is 1.00 bits per heavy atom. The molecule has 0 N–H and O–H groups in total. The molecule has 2 aromatic rings. The molecule has 0 bridgehead atoms. The van der Waals surface area contributed by atoms with Crippen molar-refractivity contribution in [3.8, 4) is 5.75 Å². The summed E-state index contributed by atoms with van der Waals surface area (Å²) in [4.78, 5) is 12.3. The minimum Gasteiger partial charge on any atom is -0.490 e. The smallest absolute Gasteiger partial charge is 0.338 e. The van der Waals surface area contributed by atoms with Crippen molar-refractivity contribution in [2.45, 2.75) is 18.7 Å². The van der Waals surface area contributed by atoms with E-state index in [1.807, 2.05) is 31.2 Å². The predicted molar refractivity (Wildman–Crippen MR) is 99.0 cm³/mol. The minimum atomic E-state index is -3.61. The lowest BCUT2D eigenvalue weighted by Crippen LogP contribution is -2.23. The van der Waals surface area contributed by atoms with Gasteiger partial charge in [0.25, 0.3) is 0 Å². The Balaban J connectivity index is 1.99. The van der Waals surface area contributed by atoms with Gasteiger partial charge in [0.1, 0.15) is 19.0 Å². The van der Waals surface area contributed by atoms with Gasteiger partial charge in [-0.2, -0.15) is 0 Å². The number of rotatable bonds is 7. The number of sulfonamides is 1. The summed E-state index contributed by atoms with van der Waals surface area (Å²) < 4.78 is 36.2. The van der Waals surface area contributed by atoms with Crippen LogP contribution in [0.15, 0.2) is 47.4 Å². The molecule has 0 aromatic heterocycles. The molecule has 0 fully saturated rings. The molecule has 140 valence electrons. The van der Waals surface area contributed by atoms with E-state index in [9.17, 15) is 13.2 Å². The fourth-order valence-electron chi connectivity index (χ4n) is 2.20. The second-order valence-corrected chi connectivity index (χ2v) is 8.21. The molecule has 2 aromatic carbocycles. The average molecular weight is 377 g/mol. The van der Waals surface area contributed by atoms with E-state index in [4.69, 9.17) is 9.47 Å². The maximum absolute atomic E-state index is 12.3. The largest absolute Gasteiger partial charge is 0.490 e. The van der Waals surface area contributed by atoms with E-state index in [-0.39, 0.29) is 23.7 Å². The molecular weight excluding hydrogens is 354 g/mol. The number of esters is 1. The predicted octanol–water partition coefficient (Wildman–Crippen LogP) is 2.79. The fourth-order valence-corrected chi connectivity index (χ4v) is 3.13. The van der Waals surface area contributed by atoms with E-state index in [2.05, 4.69) is 0 Å². The van der Waals surface area contributed by atoms with Crippen LogP contribution in [0.5, 0.6) is 5.75 Å². The Bertz CT molecular complexity index is 873. The lowest BCUT2D eigenvalue weighted by molar-refractivity contribution is 0.0449. The molecule has 0 radical (unpaired) electrons. The van der Waals surface area contributed by atoms with Gasteiger partial charge in [0.15, 0.2) is 0 Å². The summed E-state index contributed by atoms with van der Waals surface area (Å²) >= 11 is 0. The van der Waals surface area contributed by atoms with Crippen LogP contribution in [0.25, 0.3) is 0 Å². The molecule has 0 aliphatic rings. The van der Waals surface area contributed by atoms with Crippen LogP contribution < -0.4 is 4.74 Å². The van der Waals surface area contributed by atoms with Gasteiger partial charge in [0.2, 0.25) is 10.0 Å². The van der Waals surface area contributed by atoms with Crippen molar-refractivity contribution < 1.29 is 22.7 Å². The third-order valence-corrected chi connectivity index (χ3v) is 5.62. The zero-order valence-electron chi connectivity index (χ0n) is 15.4. The van der Waals surface area contributed by atoms with Crippen LogP contribution in [0, 0.1) is 13.8 Å². The van der Waals surface area contributed by atoms with Gasteiger partial charge >= 0.3 is 5.97 Å². The van der Waals surface area contributed by atoms with Crippen molar-refractivity contribution in [3.63, 3.8) is 0 Å². The molecule has 0 saturated carbocycles. The first-order valence-electron chi connectivity index (χ1n) is 8.11. The lowest BCUT2D eigenvalue weighted by atomic mass is 10.1. The Hall–Kier alpha value is -2.38. The SMILES string of the molecule is Cc1ccc(OCCOC(=O)c2cc(S(=O)(=O)N(C)C)ccc2C)cc1. The van der Waals surface area contributed by atoms with E-state index in [0.717, 1.165) is 9.87 Å². The van der Waals surface area contributed by atoms with Gasteiger partial charge in [0, 0.05) is 14.1 Å². The Kier molecular flexibility index (Phi) is 6.39. The van der Waals surface area contributed by atoms with Crippen molar-refractivity contribution in [2.24, 2.45) is 0 Å². The number of carbonyl (C=O) groups is 1. The Labute approximate surface area is 154 Å². The summed E-state index contributed by atoms with van der Waals surface area (Å²) in [6.45, 7) is 3.99. The number of carbonyl (C=O) groups excluding carboxylic acids is 1. The third-order valence-electron chi connectivity index (χ3n) is 3.81. The van der Waals surface area contributed by atoms with Gasteiger partial charge in [-0.15, -0.1) is 0 Å². The maximum Gasteiger partial charge on any atom is 0.338 e. The molecule has 7 heteroatoms. The minimum absolute atomic E-state index is 0.0518. The fraction of sp³-hybridized carbons (Fsp3) is 0.316. The molecule has 0 spiro atoms. The van der Waals surface area contributed by atoms with Crippen molar-refractivity contribution in [2.75, 3.05) is 27.3 Å². The van der Waals surface area contributed by atoms with E-state index in [1.54, 1.807) is 13.0 Å². The zero-order chi connectivity index (χ0) is 19.3. The second-order valence-electron chi connectivity index (χ2n) is 6.06. The molecule has 0 amide bonds. The molecule has 2 rings (SSSR count). The number of aryl methyl sites for hydroxylation is 2. The number of benzene rings is 2. The highest BCUT2D eigenvalue weighted by Crippen LogP contribution is 2.19. The van der Waals surface area contributed by atoms with E-state index < -0.39 is 16.0 Å². The molecule has 0 aliphatic carbocycles. The molecule has 26 heavy (non-hydrogen) atoms. The van der Waals surface area contributed by atoms with Crippen molar-refractivity contribution in [3.05, 3.63) is 59.2 Å². The Morgan fingerprint density at radius 3 is 2.27 bits per heavy atom. The van der Waals surface area contributed by atoms with Gasteiger partial charge in [-0.3, -0.25) is 0 Å². The lowest BCUT2D eigenvalue weighted by Gasteiger charge is -2.13. The van der Waals surface area contributed by atoms with Gasteiger partial charge in [-0.05, 0) is 43.7 Å². The number of nitrogens with zero attached hydrogens (tertiary/aromatic N) is 1. The first-order chi connectivity index (χ1) is 12.2. The van der Waals surface area contributed by atoms with Gasteiger partial charge in [-0.1, -0.05) is 23.8 Å². The highest BCUT2D eigenvalue weighted by Gasteiger charge is 2.20. The molecular formula is C19H23NO5S. The van der Waals surface area contributed by atoms with Crippen molar-refractivity contribution in [1.82, 2.24) is 4.31 Å². The summed E-state index contributed by atoms with van der Waals surface area (Å²) in [6.07, 6.45) is 0. The van der Waals surface area contributed by atoms with Gasteiger partial charge in [0.05, 0.1) is 10.5 Å². The molecule has 0 atom stereocenters. The molecule has 6 nitrogen and oxygen atoms in total. The standard InChI is InChI=1S/C19H23NO5S/c1-14-5-8-16(9-6-14)24-11-12-25-19(21)18-13-17(10-7-15(18)2)26(22,23)20(3)4/h5-10,13H,11-12H2,1-4H3. The molecule has 0 saturated heterocycles. The van der Waals surface area contributed by atoms with Crippen LogP contribution in [0.3, 0.4) is 0 Å². The van der Waals surface area contributed by atoms with Gasteiger partial charge in [-0.25, -0.2) is 17.5 Å². The molecule has 0 aliphatic heterocycles.